The molecular formula is C17H24N4O3. The van der Waals surface area contributed by atoms with E-state index >= 15 is 0 Å². The van der Waals surface area contributed by atoms with E-state index in [1.807, 2.05) is 12.1 Å². The standard InChI is InChI=1S/C17H24N4O3/c1-12(21-8-6-13-4-2-3-5-14(13)21)10-19-16(23)20-9-7-17(24,11-20)15(18)22/h2-5,12,24H,6-11H2,1H3,(H2,18,22)(H,19,23). The molecule has 1 aromatic carbocycles. The first-order chi connectivity index (χ1) is 11.4. The highest BCUT2D eigenvalue weighted by molar-refractivity contribution is 5.85. The van der Waals surface area contributed by atoms with E-state index in [-0.39, 0.29) is 25.0 Å². The van der Waals surface area contributed by atoms with Gasteiger partial charge in [0.05, 0.1) is 6.54 Å². The number of aliphatic hydroxyl groups is 1. The van der Waals surface area contributed by atoms with Gasteiger partial charge in [-0.05, 0) is 25.0 Å². The van der Waals surface area contributed by atoms with Crippen LogP contribution in [0.15, 0.2) is 24.3 Å². The quantitative estimate of drug-likeness (QED) is 0.726. The molecule has 0 radical (unpaired) electrons. The monoisotopic (exact) mass is 332 g/mol. The Labute approximate surface area is 141 Å². The number of amides is 3. The molecule has 1 saturated heterocycles. The van der Waals surface area contributed by atoms with Crippen molar-refractivity contribution in [3.8, 4) is 0 Å². The van der Waals surface area contributed by atoms with E-state index < -0.39 is 11.5 Å². The highest BCUT2D eigenvalue weighted by atomic mass is 16.3. The van der Waals surface area contributed by atoms with Gasteiger partial charge in [-0.1, -0.05) is 18.2 Å². The summed E-state index contributed by atoms with van der Waals surface area (Å²) in [6.07, 6.45) is 1.21. The van der Waals surface area contributed by atoms with E-state index in [1.54, 1.807) is 0 Å². The lowest BCUT2D eigenvalue weighted by molar-refractivity contribution is -0.134. The number of nitrogens with two attached hydrogens (primary N) is 1. The van der Waals surface area contributed by atoms with E-state index in [4.69, 9.17) is 5.73 Å². The number of rotatable bonds is 4. The first-order valence-corrected chi connectivity index (χ1v) is 8.30. The number of nitrogens with zero attached hydrogens (tertiary/aromatic N) is 2. The number of anilines is 1. The van der Waals surface area contributed by atoms with Crippen molar-refractivity contribution >= 4 is 17.6 Å². The van der Waals surface area contributed by atoms with E-state index in [2.05, 4.69) is 29.3 Å². The van der Waals surface area contributed by atoms with Crippen molar-refractivity contribution in [2.75, 3.05) is 31.1 Å². The van der Waals surface area contributed by atoms with E-state index in [1.165, 1.54) is 16.2 Å². The molecule has 2 unspecified atom stereocenters. The molecule has 2 heterocycles. The summed E-state index contributed by atoms with van der Waals surface area (Å²) in [6.45, 7) is 3.80. The van der Waals surface area contributed by atoms with Crippen LogP contribution in [0.25, 0.3) is 0 Å². The number of hydrogen-bond donors (Lipinski definition) is 3. The maximum atomic E-state index is 12.3. The van der Waals surface area contributed by atoms with Crippen LogP contribution in [0, 0.1) is 0 Å². The number of primary amides is 1. The average Bonchev–Trinajstić information content (AvgIpc) is 3.17. The number of carbonyl (C=O) groups excluding carboxylic acids is 2. The van der Waals surface area contributed by atoms with Crippen LogP contribution in [0.2, 0.25) is 0 Å². The maximum absolute atomic E-state index is 12.3. The fourth-order valence-corrected chi connectivity index (χ4v) is 3.45. The van der Waals surface area contributed by atoms with Crippen LogP contribution in [-0.2, 0) is 11.2 Å². The predicted molar refractivity (Wildman–Crippen MR) is 90.7 cm³/mol. The first kappa shape index (κ1) is 16.6. The molecule has 1 fully saturated rings. The van der Waals surface area contributed by atoms with Gasteiger partial charge < -0.3 is 26.0 Å². The number of nitrogens with one attached hydrogen (secondary N) is 1. The Hall–Kier alpha value is -2.28. The second-order valence-electron chi connectivity index (χ2n) is 6.67. The summed E-state index contributed by atoms with van der Waals surface area (Å²) in [5.74, 6) is -0.778. The Balaban J connectivity index is 1.53. The highest BCUT2D eigenvalue weighted by Crippen LogP contribution is 2.29. The summed E-state index contributed by atoms with van der Waals surface area (Å²) in [4.78, 5) is 27.2. The lowest BCUT2D eigenvalue weighted by Crippen LogP contribution is -2.49. The van der Waals surface area contributed by atoms with Gasteiger partial charge in [0.1, 0.15) is 0 Å². The molecule has 0 aliphatic carbocycles. The molecule has 7 nitrogen and oxygen atoms in total. The molecule has 1 aromatic rings. The smallest absolute Gasteiger partial charge is 0.317 e. The zero-order valence-corrected chi connectivity index (χ0v) is 13.9. The molecule has 130 valence electrons. The van der Waals surface area contributed by atoms with Crippen molar-refractivity contribution in [3.05, 3.63) is 29.8 Å². The SMILES string of the molecule is CC(CNC(=O)N1CCC(O)(C(N)=O)C1)N1CCc2ccccc21. The number of benzene rings is 1. The molecular weight excluding hydrogens is 308 g/mol. The van der Waals surface area contributed by atoms with Crippen LogP contribution in [0.3, 0.4) is 0 Å². The molecule has 24 heavy (non-hydrogen) atoms. The molecule has 0 spiro atoms. The van der Waals surface area contributed by atoms with Gasteiger partial charge in [0.15, 0.2) is 5.60 Å². The van der Waals surface area contributed by atoms with Gasteiger partial charge in [-0.15, -0.1) is 0 Å². The maximum Gasteiger partial charge on any atom is 0.317 e. The van der Waals surface area contributed by atoms with Gasteiger partial charge in [-0.3, -0.25) is 4.79 Å². The van der Waals surface area contributed by atoms with Crippen molar-refractivity contribution in [1.29, 1.82) is 0 Å². The van der Waals surface area contributed by atoms with Crippen LogP contribution in [0.5, 0.6) is 0 Å². The average molecular weight is 332 g/mol. The van der Waals surface area contributed by atoms with Gasteiger partial charge in [0.25, 0.3) is 5.91 Å². The lowest BCUT2D eigenvalue weighted by atomic mass is 10.0. The van der Waals surface area contributed by atoms with Crippen LogP contribution in [-0.4, -0.2) is 59.8 Å². The Morgan fingerprint density at radius 1 is 1.38 bits per heavy atom. The van der Waals surface area contributed by atoms with Gasteiger partial charge >= 0.3 is 6.03 Å². The minimum absolute atomic E-state index is 0.0465. The number of urea groups is 1. The van der Waals surface area contributed by atoms with Crippen molar-refractivity contribution in [1.82, 2.24) is 10.2 Å². The van der Waals surface area contributed by atoms with Crippen LogP contribution < -0.4 is 16.0 Å². The topological polar surface area (TPSA) is 98.9 Å². The summed E-state index contributed by atoms with van der Waals surface area (Å²) in [5, 5.41) is 12.9. The molecule has 3 rings (SSSR count). The van der Waals surface area contributed by atoms with Crippen molar-refractivity contribution in [2.45, 2.75) is 31.4 Å². The summed E-state index contributed by atoms with van der Waals surface area (Å²) in [6, 6.07) is 8.20. The van der Waals surface area contributed by atoms with Crippen molar-refractivity contribution in [2.24, 2.45) is 5.73 Å². The Kier molecular flexibility index (Phi) is 4.36. The third kappa shape index (κ3) is 3.03. The second-order valence-corrected chi connectivity index (χ2v) is 6.67. The van der Waals surface area contributed by atoms with E-state index in [9.17, 15) is 14.7 Å². The first-order valence-electron chi connectivity index (χ1n) is 8.30. The number of likely N-dealkylation sites (tertiary alicyclic amines) is 1. The van der Waals surface area contributed by atoms with Gasteiger partial charge in [0.2, 0.25) is 0 Å². The lowest BCUT2D eigenvalue weighted by Gasteiger charge is -2.28. The van der Waals surface area contributed by atoms with Gasteiger partial charge in [0, 0.05) is 37.8 Å². The molecule has 7 heteroatoms. The molecule has 4 N–H and O–H groups in total. The summed E-state index contributed by atoms with van der Waals surface area (Å²) < 4.78 is 0. The van der Waals surface area contributed by atoms with Crippen LogP contribution in [0.4, 0.5) is 10.5 Å². The normalized spacial score (nSPS) is 23.9. The fourth-order valence-electron chi connectivity index (χ4n) is 3.45. The summed E-state index contributed by atoms with van der Waals surface area (Å²) in [7, 11) is 0. The van der Waals surface area contributed by atoms with E-state index in [0.29, 0.717) is 13.1 Å². The molecule has 2 atom stereocenters. The Bertz CT molecular complexity index is 650. The summed E-state index contributed by atoms with van der Waals surface area (Å²) in [5.41, 5.74) is 6.15. The summed E-state index contributed by atoms with van der Waals surface area (Å²) >= 11 is 0. The number of hydrogen-bond acceptors (Lipinski definition) is 4. The fraction of sp³-hybridized carbons (Fsp3) is 0.529. The molecule has 0 saturated carbocycles. The largest absolute Gasteiger partial charge is 0.378 e. The highest BCUT2D eigenvalue weighted by Gasteiger charge is 2.43. The van der Waals surface area contributed by atoms with Gasteiger partial charge in [-0.2, -0.15) is 0 Å². The number of fused-ring (bicyclic) bond motifs is 1. The Morgan fingerprint density at radius 2 is 2.12 bits per heavy atom. The van der Waals surface area contributed by atoms with Crippen LogP contribution in [0.1, 0.15) is 18.9 Å². The van der Waals surface area contributed by atoms with E-state index in [0.717, 1.165) is 13.0 Å². The number of carbonyl (C=O) groups is 2. The molecule has 0 bridgehead atoms. The zero-order valence-electron chi connectivity index (χ0n) is 13.9. The third-order valence-electron chi connectivity index (χ3n) is 5.00. The second kappa shape index (κ2) is 6.32. The molecule has 3 amide bonds. The molecule has 2 aliphatic heterocycles. The minimum Gasteiger partial charge on any atom is -0.378 e. The Morgan fingerprint density at radius 3 is 2.83 bits per heavy atom. The third-order valence-corrected chi connectivity index (χ3v) is 5.00. The number of β-amino-alcohol motifs (C(OH)–C–C–N with tert-alkyl or cyclic N) is 1. The van der Waals surface area contributed by atoms with Crippen molar-refractivity contribution in [3.63, 3.8) is 0 Å². The number of para-hydroxylation sites is 1. The predicted octanol–water partition coefficient (Wildman–Crippen LogP) is 0.0693. The van der Waals surface area contributed by atoms with Crippen LogP contribution >= 0.6 is 0 Å². The molecule has 2 aliphatic rings. The zero-order chi connectivity index (χ0) is 17.3. The minimum atomic E-state index is -1.60. The molecule has 0 aromatic heterocycles. The van der Waals surface area contributed by atoms with Crippen molar-refractivity contribution < 1.29 is 14.7 Å². The van der Waals surface area contributed by atoms with Gasteiger partial charge in [-0.25, -0.2) is 4.79 Å².